The molecule has 1 heterocycles. The van der Waals surface area contributed by atoms with Crippen LogP contribution in [-0.2, 0) is 0 Å². The van der Waals surface area contributed by atoms with E-state index in [1.807, 2.05) is 0 Å². The molecule has 4 N–H and O–H groups in total. The maximum atomic E-state index is 12.9. The number of benzene rings is 2. The summed E-state index contributed by atoms with van der Waals surface area (Å²) in [5.41, 5.74) is 6.94. The van der Waals surface area contributed by atoms with Gasteiger partial charge in [-0.3, -0.25) is 4.79 Å². The molecule has 1 amide bonds. The number of anilines is 1. The second-order valence-electron chi connectivity index (χ2n) is 5.32. The Morgan fingerprint density at radius 1 is 1.28 bits per heavy atom. The van der Waals surface area contributed by atoms with Crippen LogP contribution in [0.4, 0.5) is 9.52 Å². The van der Waals surface area contributed by atoms with Crippen molar-refractivity contribution in [2.45, 2.75) is 6.10 Å². The molecule has 0 saturated carbocycles. The lowest BCUT2D eigenvalue weighted by molar-refractivity contribution is 0.100. The third kappa shape index (κ3) is 4.17. The number of hydrogen-bond acceptors (Lipinski definition) is 6. The molecule has 0 radical (unpaired) electrons. The molecule has 0 aliphatic rings. The summed E-state index contributed by atoms with van der Waals surface area (Å²) in [6, 6.07) is 12.4. The molecule has 0 bridgehead atoms. The van der Waals surface area contributed by atoms with Gasteiger partial charge in [-0.2, -0.15) is 9.36 Å². The van der Waals surface area contributed by atoms with E-state index in [-0.39, 0.29) is 12.4 Å². The first-order valence-electron chi connectivity index (χ1n) is 7.44. The summed E-state index contributed by atoms with van der Waals surface area (Å²) in [7, 11) is 0. The van der Waals surface area contributed by atoms with E-state index >= 15 is 0 Å². The Kier molecular flexibility index (Phi) is 5.01. The normalized spacial score (nSPS) is 11.9. The Labute approximate surface area is 147 Å². The number of nitrogens with zero attached hydrogens (tertiary/aromatic N) is 2. The predicted molar refractivity (Wildman–Crippen MR) is 93.7 cm³/mol. The average molecular weight is 358 g/mol. The van der Waals surface area contributed by atoms with E-state index in [1.54, 1.807) is 24.3 Å². The Hall–Kier alpha value is -2.84. The maximum absolute atomic E-state index is 12.9. The fraction of sp³-hybridized carbons (Fsp3) is 0.118. The van der Waals surface area contributed by atoms with Gasteiger partial charge in [-0.05, 0) is 29.8 Å². The van der Waals surface area contributed by atoms with Gasteiger partial charge in [0.25, 0.3) is 0 Å². The van der Waals surface area contributed by atoms with Crippen molar-refractivity contribution in [3.8, 4) is 11.4 Å². The highest BCUT2D eigenvalue weighted by atomic mass is 32.1. The second kappa shape index (κ2) is 7.37. The number of aliphatic hydroxyl groups is 1. The first kappa shape index (κ1) is 17.0. The molecule has 1 aromatic heterocycles. The fourth-order valence-corrected chi connectivity index (χ4v) is 2.81. The van der Waals surface area contributed by atoms with Crippen LogP contribution in [0.15, 0.2) is 48.5 Å². The SMILES string of the molecule is NC(=O)c1cccc(-c2nsc(NCC(O)c3ccc(F)cc3)n2)c1. The van der Waals surface area contributed by atoms with Crippen LogP contribution in [0.1, 0.15) is 22.0 Å². The molecule has 0 spiro atoms. The number of amides is 1. The minimum Gasteiger partial charge on any atom is -0.387 e. The Bertz CT molecular complexity index is 882. The van der Waals surface area contributed by atoms with Crippen LogP contribution in [0.3, 0.4) is 0 Å². The third-order valence-electron chi connectivity index (χ3n) is 3.53. The van der Waals surface area contributed by atoms with E-state index in [4.69, 9.17) is 5.73 Å². The Morgan fingerprint density at radius 2 is 2.04 bits per heavy atom. The van der Waals surface area contributed by atoms with Gasteiger partial charge < -0.3 is 16.2 Å². The van der Waals surface area contributed by atoms with Gasteiger partial charge in [0.05, 0.1) is 6.10 Å². The molecule has 8 heteroatoms. The van der Waals surface area contributed by atoms with Crippen LogP contribution in [0.2, 0.25) is 0 Å². The molecule has 0 aliphatic heterocycles. The van der Waals surface area contributed by atoms with Crippen LogP contribution in [0.5, 0.6) is 0 Å². The van der Waals surface area contributed by atoms with Gasteiger partial charge in [0, 0.05) is 29.2 Å². The Morgan fingerprint density at radius 3 is 2.76 bits per heavy atom. The number of primary amides is 1. The van der Waals surface area contributed by atoms with Crippen molar-refractivity contribution in [1.82, 2.24) is 9.36 Å². The molecule has 0 saturated heterocycles. The highest BCUT2D eigenvalue weighted by Crippen LogP contribution is 2.23. The molecular weight excluding hydrogens is 343 g/mol. The number of aromatic nitrogens is 2. The third-order valence-corrected chi connectivity index (χ3v) is 4.21. The fourth-order valence-electron chi connectivity index (χ4n) is 2.21. The van der Waals surface area contributed by atoms with Gasteiger partial charge in [0.2, 0.25) is 11.0 Å². The first-order valence-corrected chi connectivity index (χ1v) is 8.21. The van der Waals surface area contributed by atoms with E-state index in [0.29, 0.717) is 27.6 Å². The minimum atomic E-state index is -0.800. The molecule has 1 unspecified atom stereocenters. The molecule has 128 valence electrons. The van der Waals surface area contributed by atoms with Gasteiger partial charge in [0.1, 0.15) is 5.82 Å². The lowest BCUT2D eigenvalue weighted by Gasteiger charge is -2.11. The zero-order valence-corrected chi connectivity index (χ0v) is 13.8. The van der Waals surface area contributed by atoms with Gasteiger partial charge in [-0.25, -0.2) is 4.39 Å². The summed E-state index contributed by atoms with van der Waals surface area (Å²) in [6.45, 7) is 0.210. The van der Waals surface area contributed by atoms with Crippen molar-refractivity contribution >= 4 is 22.6 Å². The molecule has 0 aliphatic carbocycles. The molecular formula is C17H15FN4O2S. The standard InChI is InChI=1S/C17H15FN4O2S/c18-13-6-4-10(5-7-13)14(23)9-20-17-21-16(22-25-17)12-3-1-2-11(8-12)15(19)24/h1-8,14,23H,9H2,(H2,19,24)(H,20,21,22). The van der Waals surface area contributed by atoms with E-state index in [0.717, 1.165) is 11.5 Å². The smallest absolute Gasteiger partial charge is 0.248 e. The molecule has 1 atom stereocenters. The van der Waals surface area contributed by atoms with Crippen molar-refractivity contribution in [2.75, 3.05) is 11.9 Å². The van der Waals surface area contributed by atoms with E-state index in [9.17, 15) is 14.3 Å². The summed E-state index contributed by atoms with van der Waals surface area (Å²) in [6.07, 6.45) is -0.800. The van der Waals surface area contributed by atoms with Gasteiger partial charge in [0.15, 0.2) is 5.82 Å². The topological polar surface area (TPSA) is 101 Å². The number of aliphatic hydroxyl groups excluding tert-OH is 1. The number of rotatable bonds is 6. The molecule has 2 aromatic carbocycles. The molecule has 0 fully saturated rings. The zero-order chi connectivity index (χ0) is 17.8. The number of hydrogen-bond donors (Lipinski definition) is 3. The van der Waals surface area contributed by atoms with Gasteiger partial charge >= 0.3 is 0 Å². The number of carbonyl (C=O) groups is 1. The summed E-state index contributed by atoms with van der Waals surface area (Å²) in [4.78, 5) is 15.6. The van der Waals surface area contributed by atoms with E-state index in [1.165, 1.54) is 24.3 Å². The lowest BCUT2D eigenvalue weighted by Crippen LogP contribution is -2.12. The molecule has 6 nitrogen and oxygen atoms in total. The van der Waals surface area contributed by atoms with Crippen molar-refractivity contribution in [2.24, 2.45) is 5.73 Å². The second-order valence-corrected chi connectivity index (χ2v) is 6.07. The maximum Gasteiger partial charge on any atom is 0.248 e. The Balaban J connectivity index is 1.66. The van der Waals surface area contributed by atoms with Crippen LogP contribution >= 0.6 is 11.5 Å². The monoisotopic (exact) mass is 358 g/mol. The molecule has 3 rings (SSSR count). The largest absolute Gasteiger partial charge is 0.387 e. The van der Waals surface area contributed by atoms with Crippen molar-refractivity contribution < 1.29 is 14.3 Å². The number of nitrogens with two attached hydrogens (primary N) is 1. The van der Waals surface area contributed by atoms with Crippen LogP contribution in [0, 0.1) is 5.82 Å². The van der Waals surface area contributed by atoms with Crippen LogP contribution < -0.4 is 11.1 Å². The quantitative estimate of drug-likeness (QED) is 0.629. The molecule has 25 heavy (non-hydrogen) atoms. The number of nitrogens with one attached hydrogen (secondary N) is 1. The first-order chi connectivity index (χ1) is 12.0. The van der Waals surface area contributed by atoms with E-state index in [2.05, 4.69) is 14.7 Å². The minimum absolute atomic E-state index is 0.210. The highest BCUT2D eigenvalue weighted by molar-refractivity contribution is 7.09. The average Bonchev–Trinajstić information content (AvgIpc) is 3.09. The van der Waals surface area contributed by atoms with Crippen molar-refractivity contribution in [3.63, 3.8) is 0 Å². The van der Waals surface area contributed by atoms with Gasteiger partial charge in [-0.1, -0.05) is 24.3 Å². The predicted octanol–water partition coefficient (Wildman–Crippen LogP) is 2.59. The summed E-state index contributed by atoms with van der Waals surface area (Å²) in [5.74, 6) is -0.402. The number of carbonyl (C=O) groups excluding carboxylic acids is 1. The summed E-state index contributed by atoms with van der Waals surface area (Å²) >= 11 is 1.14. The molecule has 3 aromatic rings. The van der Waals surface area contributed by atoms with Crippen LogP contribution in [-0.4, -0.2) is 26.9 Å². The van der Waals surface area contributed by atoms with Crippen molar-refractivity contribution in [3.05, 3.63) is 65.5 Å². The van der Waals surface area contributed by atoms with Gasteiger partial charge in [-0.15, -0.1) is 0 Å². The number of halogens is 1. The zero-order valence-electron chi connectivity index (χ0n) is 13.0. The van der Waals surface area contributed by atoms with E-state index < -0.39 is 12.0 Å². The van der Waals surface area contributed by atoms with Crippen LogP contribution in [0.25, 0.3) is 11.4 Å². The highest BCUT2D eigenvalue weighted by Gasteiger charge is 2.11. The van der Waals surface area contributed by atoms with Crippen molar-refractivity contribution in [1.29, 1.82) is 0 Å². The summed E-state index contributed by atoms with van der Waals surface area (Å²) in [5, 5.41) is 13.6. The lowest BCUT2D eigenvalue weighted by atomic mass is 10.1. The summed E-state index contributed by atoms with van der Waals surface area (Å²) < 4.78 is 17.1.